The highest BCUT2D eigenvalue weighted by Gasteiger charge is 2.02. The molecule has 0 aliphatic heterocycles. The molecule has 0 aromatic heterocycles. The average molecular weight is 321 g/mol. The van der Waals surface area contributed by atoms with Crippen LogP contribution in [0.2, 0.25) is 0 Å². The van der Waals surface area contributed by atoms with E-state index in [1.54, 1.807) is 18.2 Å². The van der Waals surface area contributed by atoms with Gasteiger partial charge in [-0.1, -0.05) is 30.3 Å². The molecule has 0 unspecified atom stereocenters. The lowest BCUT2D eigenvalue weighted by Gasteiger charge is -2.09. The van der Waals surface area contributed by atoms with E-state index in [9.17, 15) is 4.79 Å². The zero-order valence-corrected chi connectivity index (χ0v) is 11.8. The van der Waals surface area contributed by atoms with E-state index < -0.39 is 0 Å². The van der Waals surface area contributed by atoms with Crippen LogP contribution in [-0.2, 0) is 11.3 Å². The highest BCUT2D eigenvalue weighted by atomic mass is 79.9. The first-order valence-electron chi connectivity index (χ1n) is 5.79. The van der Waals surface area contributed by atoms with Crippen LogP contribution in [0.25, 0.3) is 0 Å². The number of carbonyl (C=O) groups is 1. The van der Waals surface area contributed by atoms with Gasteiger partial charge in [-0.2, -0.15) is 0 Å². The summed E-state index contributed by atoms with van der Waals surface area (Å²) in [5.41, 5.74) is 1.70. The molecule has 19 heavy (non-hydrogen) atoms. The second-order valence-electron chi connectivity index (χ2n) is 3.90. The Kier molecular flexibility index (Phi) is 5.12. The Bertz CT molecular complexity index is 540. The molecule has 4 heteroatoms. The Morgan fingerprint density at radius 1 is 1.11 bits per heavy atom. The molecule has 0 bridgehead atoms. The van der Waals surface area contributed by atoms with Crippen molar-refractivity contribution in [3.8, 4) is 5.75 Å². The third-order valence-electron chi connectivity index (χ3n) is 2.50. The van der Waals surface area contributed by atoms with E-state index in [1.165, 1.54) is 0 Å². The number of carbonyl (C=O) groups excluding carboxylic acids is 1. The van der Waals surface area contributed by atoms with Gasteiger partial charge < -0.3 is 9.47 Å². The van der Waals surface area contributed by atoms with E-state index in [0.29, 0.717) is 17.9 Å². The summed E-state index contributed by atoms with van der Waals surface area (Å²) in [6.07, 6.45) is 0.792. The quantitative estimate of drug-likeness (QED) is 0.461. The summed E-state index contributed by atoms with van der Waals surface area (Å²) < 4.78 is 11.6. The van der Waals surface area contributed by atoms with Crippen LogP contribution >= 0.6 is 15.9 Å². The minimum atomic E-state index is 0.161. The predicted octanol–water partition coefficient (Wildman–Crippen LogP) is 3.81. The van der Waals surface area contributed by atoms with Crippen molar-refractivity contribution in [2.24, 2.45) is 0 Å². The van der Waals surface area contributed by atoms with Gasteiger partial charge in [0.05, 0.1) is 11.1 Å². The van der Waals surface area contributed by atoms with Crippen molar-refractivity contribution in [1.82, 2.24) is 0 Å². The lowest BCUT2D eigenvalue weighted by molar-refractivity contribution is 0.00463. The molecule has 0 saturated heterocycles. The van der Waals surface area contributed by atoms with E-state index in [2.05, 4.69) is 15.9 Å². The van der Waals surface area contributed by atoms with E-state index in [0.717, 1.165) is 16.3 Å². The first-order chi connectivity index (χ1) is 9.29. The molecular weight excluding hydrogens is 308 g/mol. The van der Waals surface area contributed by atoms with Crippen LogP contribution in [0, 0.1) is 0 Å². The minimum Gasteiger partial charge on any atom is -0.466 e. The van der Waals surface area contributed by atoms with E-state index in [1.807, 2.05) is 30.3 Å². The molecule has 0 aliphatic rings. The van der Waals surface area contributed by atoms with Gasteiger partial charge in [0.2, 0.25) is 0 Å². The largest absolute Gasteiger partial charge is 0.466 e. The topological polar surface area (TPSA) is 35.5 Å². The van der Waals surface area contributed by atoms with Crippen molar-refractivity contribution in [2.45, 2.75) is 6.61 Å². The molecule has 0 heterocycles. The molecule has 0 fully saturated rings. The van der Waals surface area contributed by atoms with Crippen molar-refractivity contribution < 1.29 is 14.3 Å². The lowest BCUT2D eigenvalue weighted by Crippen LogP contribution is -2.03. The normalized spacial score (nSPS) is 10.2. The van der Waals surface area contributed by atoms with Gasteiger partial charge in [-0.05, 0) is 39.7 Å². The summed E-state index contributed by atoms with van der Waals surface area (Å²) in [6.45, 7) is 0.665. The van der Waals surface area contributed by atoms with Crippen molar-refractivity contribution >= 4 is 22.2 Å². The lowest BCUT2D eigenvalue weighted by atomic mass is 10.2. The smallest absolute Gasteiger partial charge is 0.189 e. The summed E-state index contributed by atoms with van der Waals surface area (Å²) in [4.78, 5) is 10.6. The molecular formula is C15H13BrO3. The van der Waals surface area contributed by atoms with Gasteiger partial charge in [0.25, 0.3) is 0 Å². The highest BCUT2D eigenvalue weighted by Crippen LogP contribution is 2.25. The molecule has 2 aromatic rings. The van der Waals surface area contributed by atoms with Crippen LogP contribution in [0.3, 0.4) is 0 Å². The number of halogens is 1. The number of ether oxygens (including phenoxy) is 2. The van der Waals surface area contributed by atoms with Crippen LogP contribution < -0.4 is 4.74 Å². The molecule has 0 atom stereocenters. The maximum Gasteiger partial charge on any atom is 0.189 e. The van der Waals surface area contributed by atoms with Crippen LogP contribution in [0.1, 0.15) is 15.9 Å². The van der Waals surface area contributed by atoms with Gasteiger partial charge in [-0.25, -0.2) is 0 Å². The SMILES string of the molecule is O=Cc1ccc(OCOCc2ccccc2)c(Br)c1. The monoisotopic (exact) mass is 320 g/mol. The van der Waals surface area contributed by atoms with Gasteiger partial charge in [0.1, 0.15) is 12.0 Å². The second kappa shape index (κ2) is 7.07. The van der Waals surface area contributed by atoms with Gasteiger partial charge >= 0.3 is 0 Å². The van der Waals surface area contributed by atoms with Crippen LogP contribution in [0.5, 0.6) is 5.75 Å². The fourth-order valence-corrected chi connectivity index (χ4v) is 2.06. The summed E-state index contributed by atoms with van der Waals surface area (Å²) >= 11 is 3.35. The summed E-state index contributed by atoms with van der Waals surface area (Å²) in [5.74, 6) is 0.652. The van der Waals surface area contributed by atoms with Gasteiger partial charge in [0.15, 0.2) is 6.79 Å². The number of hydrogen-bond acceptors (Lipinski definition) is 3. The Morgan fingerprint density at radius 3 is 2.58 bits per heavy atom. The Balaban J connectivity index is 1.81. The molecule has 0 N–H and O–H groups in total. The Hall–Kier alpha value is -1.65. The average Bonchev–Trinajstić information content (AvgIpc) is 2.46. The highest BCUT2D eigenvalue weighted by molar-refractivity contribution is 9.10. The Morgan fingerprint density at radius 2 is 1.89 bits per heavy atom. The predicted molar refractivity (Wildman–Crippen MR) is 76.3 cm³/mol. The van der Waals surface area contributed by atoms with E-state index >= 15 is 0 Å². The van der Waals surface area contributed by atoms with Crippen LogP contribution in [0.15, 0.2) is 53.0 Å². The van der Waals surface area contributed by atoms with Gasteiger partial charge in [0, 0.05) is 5.56 Å². The molecule has 0 spiro atoms. The molecule has 0 amide bonds. The zero-order chi connectivity index (χ0) is 13.5. The molecule has 3 nitrogen and oxygen atoms in total. The van der Waals surface area contributed by atoms with E-state index in [4.69, 9.17) is 9.47 Å². The number of rotatable bonds is 6. The fraction of sp³-hybridized carbons (Fsp3) is 0.133. The van der Waals surface area contributed by atoms with Crippen LogP contribution in [0.4, 0.5) is 0 Å². The van der Waals surface area contributed by atoms with Crippen molar-refractivity contribution in [2.75, 3.05) is 6.79 Å². The number of benzene rings is 2. The first-order valence-corrected chi connectivity index (χ1v) is 6.58. The van der Waals surface area contributed by atoms with Gasteiger partial charge in [-0.3, -0.25) is 4.79 Å². The van der Waals surface area contributed by atoms with Crippen LogP contribution in [-0.4, -0.2) is 13.1 Å². The maximum absolute atomic E-state index is 10.6. The van der Waals surface area contributed by atoms with Crippen molar-refractivity contribution in [3.05, 3.63) is 64.1 Å². The molecule has 98 valence electrons. The molecule has 0 aliphatic carbocycles. The van der Waals surface area contributed by atoms with Crippen molar-refractivity contribution in [3.63, 3.8) is 0 Å². The number of aldehydes is 1. The summed E-state index contributed by atoms with van der Waals surface area (Å²) in [5, 5.41) is 0. The summed E-state index contributed by atoms with van der Waals surface area (Å²) in [7, 11) is 0. The van der Waals surface area contributed by atoms with Crippen molar-refractivity contribution in [1.29, 1.82) is 0 Å². The summed E-state index contributed by atoms with van der Waals surface area (Å²) in [6, 6.07) is 15.0. The minimum absolute atomic E-state index is 0.161. The molecule has 2 aromatic carbocycles. The zero-order valence-electron chi connectivity index (χ0n) is 10.2. The maximum atomic E-state index is 10.6. The first kappa shape index (κ1) is 13.8. The number of hydrogen-bond donors (Lipinski definition) is 0. The standard InChI is InChI=1S/C15H13BrO3/c16-14-8-13(9-17)6-7-15(14)19-11-18-10-12-4-2-1-3-5-12/h1-9H,10-11H2. The van der Waals surface area contributed by atoms with Gasteiger partial charge in [-0.15, -0.1) is 0 Å². The molecule has 0 saturated carbocycles. The Labute approximate surface area is 120 Å². The third-order valence-corrected chi connectivity index (χ3v) is 3.12. The van der Waals surface area contributed by atoms with E-state index in [-0.39, 0.29) is 6.79 Å². The second-order valence-corrected chi connectivity index (χ2v) is 4.76. The third kappa shape index (κ3) is 4.19. The molecule has 2 rings (SSSR count). The fourth-order valence-electron chi connectivity index (χ4n) is 1.55. The molecule has 0 radical (unpaired) electrons.